The van der Waals surface area contributed by atoms with Gasteiger partial charge in [0.15, 0.2) is 4.34 Å². The van der Waals surface area contributed by atoms with Gasteiger partial charge in [0.2, 0.25) is 11.0 Å². The van der Waals surface area contributed by atoms with E-state index in [0.29, 0.717) is 11.9 Å². The van der Waals surface area contributed by atoms with Crippen LogP contribution in [0.25, 0.3) is 0 Å². The summed E-state index contributed by atoms with van der Waals surface area (Å²) in [6, 6.07) is 0. The van der Waals surface area contributed by atoms with Crippen molar-refractivity contribution >= 4 is 34.1 Å². The maximum absolute atomic E-state index is 12.0. The van der Waals surface area contributed by atoms with Gasteiger partial charge >= 0.3 is 0 Å². The van der Waals surface area contributed by atoms with Crippen molar-refractivity contribution in [1.82, 2.24) is 15.1 Å². The Morgan fingerprint density at radius 2 is 2.24 bits per heavy atom. The van der Waals surface area contributed by atoms with E-state index in [4.69, 9.17) is 4.74 Å². The van der Waals surface area contributed by atoms with E-state index >= 15 is 0 Å². The molecule has 2 aliphatic heterocycles. The highest BCUT2D eigenvalue weighted by Crippen LogP contribution is 2.26. The van der Waals surface area contributed by atoms with Crippen LogP contribution in [0, 0.1) is 0 Å². The van der Waals surface area contributed by atoms with E-state index in [0.717, 1.165) is 61.4 Å². The highest BCUT2D eigenvalue weighted by molar-refractivity contribution is 8.01. The lowest BCUT2D eigenvalue weighted by Gasteiger charge is -2.13. The van der Waals surface area contributed by atoms with Crippen LogP contribution in [0.2, 0.25) is 0 Å². The van der Waals surface area contributed by atoms with Gasteiger partial charge in [0.25, 0.3) is 0 Å². The quantitative estimate of drug-likeness (QED) is 0.804. The number of carbonyl (C=O) groups is 1. The lowest BCUT2D eigenvalue weighted by Crippen LogP contribution is -2.29. The molecule has 0 aliphatic carbocycles. The van der Waals surface area contributed by atoms with Crippen LogP contribution < -0.4 is 5.32 Å². The summed E-state index contributed by atoms with van der Waals surface area (Å²) >= 11 is 2.98. The molecule has 2 aliphatic rings. The third-order valence-corrected chi connectivity index (χ3v) is 5.69. The molecule has 3 rings (SSSR count). The standard InChI is InChI=1S/C13H20N4O2S2/c18-11(17-5-1-2-6-17)9-20-13-16-15-12(21-13)14-8-10-4-3-7-19-10/h10H,1-9H2,(H,14,15). The number of aromatic nitrogens is 2. The van der Waals surface area contributed by atoms with E-state index in [1.807, 2.05) is 4.90 Å². The fraction of sp³-hybridized carbons (Fsp3) is 0.769. The van der Waals surface area contributed by atoms with Crippen molar-refractivity contribution in [2.24, 2.45) is 0 Å². The minimum atomic E-state index is 0.210. The van der Waals surface area contributed by atoms with Gasteiger partial charge in [0.1, 0.15) is 0 Å². The summed E-state index contributed by atoms with van der Waals surface area (Å²) < 4.78 is 6.40. The Bertz CT molecular complexity index is 470. The third kappa shape index (κ3) is 4.31. The Morgan fingerprint density at radius 3 is 3.00 bits per heavy atom. The molecule has 0 bridgehead atoms. The number of nitrogens with one attached hydrogen (secondary N) is 1. The second-order valence-corrected chi connectivity index (χ2v) is 7.47. The molecule has 1 amide bonds. The van der Waals surface area contributed by atoms with Gasteiger partial charge in [-0.3, -0.25) is 4.79 Å². The van der Waals surface area contributed by atoms with Gasteiger partial charge in [0.05, 0.1) is 11.9 Å². The van der Waals surface area contributed by atoms with Gasteiger partial charge in [-0.25, -0.2) is 0 Å². The minimum absolute atomic E-state index is 0.210. The van der Waals surface area contributed by atoms with Crippen LogP contribution in [0.3, 0.4) is 0 Å². The number of hydrogen-bond acceptors (Lipinski definition) is 7. The second kappa shape index (κ2) is 7.42. The molecular formula is C13H20N4O2S2. The second-order valence-electron chi connectivity index (χ2n) is 5.27. The molecule has 1 N–H and O–H groups in total. The van der Waals surface area contributed by atoms with Gasteiger partial charge in [-0.05, 0) is 25.7 Å². The fourth-order valence-corrected chi connectivity index (χ4v) is 4.19. The van der Waals surface area contributed by atoms with E-state index in [2.05, 4.69) is 15.5 Å². The Morgan fingerprint density at radius 1 is 1.38 bits per heavy atom. The molecular weight excluding hydrogens is 308 g/mol. The summed E-state index contributed by atoms with van der Waals surface area (Å²) in [5, 5.41) is 12.3. The summed E-state index contributed by atoms with van der Waals surface area (Å²) in [4.78, 5) is 13.9. The first-order chi connectivity index (χ1) is 10.3. The predicted molar refractivity (Wildman–Crippen MR) is 83.9 cm³/mol. The van der Waals surface area contributed by atoms with Crippen molar-refractivity contribution in [2.75, 3.05) is 37.3 Å². The highest BCUT2D eigenvalue weighted by atomic mass is 32.2. The largest absolute Gasteiger partial charge is 0.376 e. The summed E-state index contributed by atoms with van der Waals surface area (Å²) in [6.07, 6.45) is 4.81. The third-order valence-electron chi connectivity index (χ3n) is 3.69. The highest BCUT2D eigenvalue weighted by Gasteiger charge is 2.19. The summed E-state index contributed by atoms with van der Waals surface area (Å²) in [5.41, 5.74) is 0. The summed E-state index contributed by atoms with van der Waals surface area (Å²) in [6.45, 7) is 3.46. The van der Waals surface area contributed by atoms with Gasteiger partial charge in [-0.1, -0.05) is 23.1 Å². The molecule has 0 radical (unpaired) electrons. The van der Waals surface area contributed by atoms with Crippen LogP contribution in [0.5, 0.6) is 0 Å². The predicted octanol–water partition coefficient (Wildman–Crippen LogP) is 1.84. The zero-order valence-electron chi connectivity index (χ0n) is 11.9. The van der Waals surface area contributed by atoms with E-state index in [9.17, 15) is 4.79 Å². The van der Waals surface area contributed by atoms with Crippen molar-refractivity contribution in [3.05, 3.63) is 0 Å². The van der Waals surface area contributed by atoms with Gasteiger partial charge in [-0.15, -0.1) is 10.2 Å². The zero-order chi connectivity index (χ0) is 14.5. The van der Waals surface area contributed by atoms with Crippen LogP contribution in [0.1, 0.15) is 25.7 Å². The zero-order valence-corrected chi connectivity index (χ0v) is 13.5. The number of hydrogen-bond donors (Lipinski definition) is 1. The number of carbonyl (C=O) groups excluding carboxylic acids is 1. The van der Waals surface area contributed by atoms with E-state index in [-0.39, 0.29) is 5.91 Å². The maximum Gasteiger partial charge on any atom is 0.233 e. The average Bonchev–Trinajstić information content (AvgIpc) is 3.24. The number of ether oxygens (including phenoxy) is 1. The number of thioether (sulfide) groups is 1. The monoisotopic (exact) mass is 328 g/mol. The molecule has 1 atom stereocenters. The van der Waals surface area contributed by atoms with E-state index in [1.54, 1.807) is 0 Å². The molecule has 21 heavy (non-hydrogen) atoms. The molecule has 8 heteroatoms. The van der Waals surface area contributed by atoms with Crippen LogP contribution in [-0.2, 0) is 9.53 Å². The summed E-state index contributed by atoms with van der Waals surface area (Å²) in [7, 11) is 0. The Labute approximate surface area is 132 Å². The molecule has 1 aromatic rings. The normalized spacial score (nSPS) is 21.9. The Balaban J connectivity index is 1.40. The van der Waals surface area contributed by atoms with Crippen molar-refractivity contribution in [2.45, 2.75) is 36.1 Å². The topological polar surface area (TPSA) is 67.3 Å². The van der Waals surface area contributed by atoms with Crippen LogP contribution in [-0.4, -0.2) is 59.1 Å². The molecule has 3 heterocycles. The first kappa shape index (κ1) is 15.1. The Kier molecular flexibility index (Phi) is 5.32. The first-order valence-electron chi connectivity index (χ1n) is 7.41. The number of nitrogens with zero attached hydrogens (tertiary/aromatic N) is 3. The number of rotatable bonds is 6. The average molecular weight is 328 g/mol. The molecule has 0 spiro atoms. The molecule has 2 saturated heterocycles. The fourth-order valence-electron chi connectivity index (χ4n) is 2.53. The minimum Gasteiger partial charge on any atom is -0.376 e. The smallest absolute Gasteiger partial charge is 0.233 e. The molecule has 0 aromatic carbocycles. The Hall–Kier alpha value is -0.860. The number of anilines is 1. The van der Waals surface area contributed by atoms with E-state index in [1.165, 1.54) is 23.1 Å². The van der Waals surface area contributed by atoms with Crippen LogP contribution in [0.15, 0.2) is 4.34 Å². The van der Waals surface area contributed by atoms with Crippen molar-refractivity contribution in [3.63, 3.8) is 0 Å². The van der Waals surface area contributed by atoms with Gasteiger partial charge in [0, 0.05) is 26.2 Å². The molecule has 6 nitrogen and oxygen atoms in total. The van der Waals surface area contributed by atoms with Crippen molar-refractivity contribution in [1.29, 1.82) is 0 Å². The molecule has 0 saturated carbocycles. The maximum atomic E-state index is 12.0. The van der Waals surface area contributed by atoms with Gasteiger partial charge in [-0.2, -0.15) is 0 Å². The molecule has 2 fully saturated rings. The molecule has 1 unspecified atom stereocenters. The molecule has 1 aromatic heterocycles. The van der Waals surface area contributed by atoms with E-state index < -0.39 is 0 Å². The number of likely N-dealkylation sites (tertiary alicyclic amines) is 1. The first-order valence-corrected chi connectivity index (χ1v) is 9.21. The lowest BCUT2D eigenvalue weighted by molar-refractivity contribution is -0.127. The van der Waals surface area contributed by atoms with Crippen molar-refractivity contribution < 1.29 is 9.53 Å². The van der Waals surface area contributed by atoms with Crippen molar-refractivity contribution in [3.8, 4) is 0 Å². The van der Waals surface area contributed by atoms with Gasteiger partial charge < -0.3 is 15.0 Å². The number of amides is 1. The SMILES string of the molecule is O=C(CSc1nnc(NCC2CCCO2)s1)N1CCCC1. The molecule has 116 valence electrons. The summed E-state index contributed by atoms with van der Waals surface area (Å²) in [5.74, 6) is 0.668. The van der Waals surface area contributed by atoms with Crippen LogP contribution in [0.4, 0.5) is 5.13 Å². The lowest BCUT2D eigenvalue weighted by atomic mass is 10.2. The van der Waals surface area contributed by atoms with Crippen LogP contribution >= 0.6 is 23.1 Å².